The van der Waals surface area contributed by atoms with Crippen molar-refractivity contribution in [1.82, 2.24) is 0 Å². The normalized spacial score (nSPS) is 8.00. The molecule has 0 radical (unpaired) electrons. The van der Waals surface area contributed by atoms with Gasteiger partial charge in [0.05, 0.1) is 10.2 Å². The molecule has 44 valence electrons. The van der Waals surface area contributed by atoms with Gasteiger partial charge in [0.15, 0.2) is 0 Å². The molecule has 1 aromatic carbocycles. The molecule has 1 rings (SSSR count). The maximum absolute atomic E-state index is 3.02. The number of rotatable bonds is 0. The Kier molecular flexibility index (Phi) is 2.11. The summed E-state index contributed by atoms with van der Waals surface area (Å²) >= 11 is 0. The molecular weight excluding hydrogens is 124 g/mol. The van der Waals surface area contributed by atoms with E-state index in [1.807, 2.05) is 30.3 Å². The quantitative estimate of drug-likeness (QED) is 0.353. The largest absolute Gasteiger partial charge is 0.138 e. The number of hydrogen-bond donors (Lipinski definition) is 0. The lowest BCUT2D eigenvalue weighted by molar-refractivity contribution is 1.65. The molecule has 0 amide bonds. The van der Waals surface area contributed by atoms with Crippen LogP contribution in [0.1, 0.15) is 5.56 Å². The minimum atomic E-state index is 0.963. The van der Waals surface area contributed by atoms with Crippen molar-refractivity contribution in [3.63, 3.8) is 0 Å². The van der Waals surface area contributed by atoms with E-state index in [1.165, 1.54) is 0 Å². The van der Waals surface area contributed by atoms with Gasteiger partial charge in [0, 0.05) is 5.56 Å². The van der Waals surface area contributed by atoms with Crippen LogP contribution < -0.4 is 0 Å². The average Bonchev–Trinajstić information content (AvgIpc) is 1.91. The van der Waals surface area contributed by atoms with Crippen LogP contribution in [0.25, 0.3) is 0 Å². The van der Waals surface area contributed by atoms with Crippen LogP contribution in [0.4, 0.5) is 0 Å². The average molecular weight is 132 g/mol. The third-order valence-electron chi connectivity index (χ3n) is 1.04. The highest BCUT2D eigenvalue weighted by atomic mass is 28.1. The molecule has 0 fully saturated rings. The van der Waals surface area contributed by atoms with E-state index in [2.05, 4.69) is 11.5 Å². The molecule has 0 aliphatic carbocycles. The number of hydrogen-bond acceptors (Lipinski definition) is 0. The van der Waals surface area contributed by atoms with Gasteiger partial charge in [-0.05, 0) is 12.1 Å². The van der Waals surface area contributed by atoms with Gasteiger partial charge in [-0.2, -0.15) is 0 Å². The van der Waals surface area contributed by atoms with Crippen molar-refractivity contribution < 1.29 is 0 Å². The van der Waals surface area contributed by atoms with Gasteiger partial charge in [0.1, 0.15) is 0 Å². The van der Waals surface area contributed by atoms with Crippen LogP contribution in [0.15, 0.2) is 30.3 Å². The minimum Gasteiger partial charge on any atom is -0.138 e. The van der Waals surface area contributed by atoms with Crippen LogP contribution in [0.5, 0.6) is 0 Å². The Morgan fingerprint density at radius 3 is 2.33 bits per heavy atom. The Bertz CT molecular complexity index is 228. The van der Waals surface area contributed by atoms with Crippen LogP contribution in [-0.4, -0.2) is 10.2 Å². The molecule has 0 saturated heterocycles. The molecule has 0 spiro atoms. The van der Waals surface area contributed by atoms with Gasteiger partial charge in [0.2, 0.25) is 0 Å². The first-order valence-corrected chi connectivity index (χ1v) is 3.91. The molecule has 9 heavy (non-hydrogen) atoms. The van der Waals surface area contributed by atoms with E-state index in [4.69, 9.17) is 0 Å². The van der Waals surface area contributed by atoms with Crippen LogP contribution in [-0.2, 0) is 0 Å². The summed E-state index contributed by atoms with van der Waals surface area (Å²) in [6.07, 6.45) is 0. The Balaban J connectivity index is 2.94. The lowest BCUT2D eigenvalue weighted by Crippen LogP contribution is -1.68. The predicted octanol–water partition coefficient (Wildman–Crippen LogP) is 0.361. The molecule has 0 aliphatic heterocycles. The van der Waals surface area contributed by atoms with Crippen LogP contribution >= 0.6 is 0 Å². The van der Waals surface area contributed by atoms with E-state index < -0.39 is 0 Å². The van der Waals surface area contributed by atoms with E-state index in [9.17, 15) is 0 Å². The molecule has 0 N–H and O–H groups in total. The maximum atomic E-state index is 3.02. The molecule has 0 aromatic heterocycles. The van der Waals surface area contributed by atoms with Crippen molar-refractivity contribution in [1.29, 1.82) is 0 Å². The van der Waals surface area contributed by atoms with Gasteiger partial charge in [-0.1, -0.05) is 24.1 Å². The van der Waals surface area contributed by atoms with Crippen molar-refractivity contribution in [2.45, 2.75) is 0 Å². The molecule has 0 heterocycles. The van der Waals surface area contributed by atoms with Crippen molar-refractivity contribution in [3.8, 4) is 11.5 Å². The monoisotopic (exact) mass is 132 g/mol. The van der Waals surface area contributed by atoms with Gasteiger partial charge < -0.3 is 0 Å². The van der Waals surface area contributed by atoms with Gasteiger partial charge in [-0.3, -0.25) is 0 Å². The van der Waals surface area contributed by atoms with Gasteiger partial charge >= 0.3 is 0 Å². The van der Waals surface area contributed by atoms with E-state index in [0.29, 0.717) is 0 Å². The summed E-state index contributed by atoms with van der Waals surface area (Å²) in [4.78, 5) is 0. The lowest BCUT2D eigenvalue weighted by atomic mass is 10.2. The van der Waals surface area contributed by atoms with Crippen molar-refractivity contribution in [3.05, 3.63) is 35.9 Å². The second-order valence-corrected chi connectivity index (χ2v) is 2.24. The molecule has 1 heteroatoms. The molecule has 0 nitrogen and oxygen atoms in total. The summed E-state index contributed by atoms with van der Waals surface area (Å²) in [6, 6.07) is 10.0. The van der Waals surface area contributed by atoms with Gasteiger partial charge in [-0.25, -0.2) is 0 Å². The molecule has 0 aliphatic rings. The fraction of sp³-hybridized carbons (Fsp3) is 0. The fourth-order valence-corrected chi connectivity index (χ4v) is 0.954. The van der Waals surface area contributed by atoms with Gasteiger partial charge in [0.25, 0.3) is 0 Å². The van der Waals surface area contributed by atoms with E-state index >= 15 is 0 Å². The first kappa shape index (κ1) is 6.12. The highest BCUT2D eigenvalue weighted by Gasteiger charge is 1.77. The second-order valence-electron chi connectivity index (χ2n) is 1.74. The second kappa shape index (κ2) is 3.11. The summed E-state index contributed by atoms with van der Waals surface area (Å²) in [5.74, 6) is 3.02. The first-order valence-electron chi connectivity index (χ1n) is 2.91. The fourth-order valence-electron chi connectivity index (χ4n) is 0.666. The molecule has 0 unspecified atom stereocenters. The summed E-state index contributed by atoms with van der Waals surface area (Å²) < 4.78 is 0. The smallest absolute Gasteiger partial charge is 0.0911 e. The zero-order valence-corrected chi connectivity index (χ0v) is 7.39. The van der Waals surface area contributed by atoms with Crippen LogP contribution in [0.2, 0.25) is 0 Å². The number of benzene rings is 1. The topological polar surface area (TPSA) is 0 Å². The van der Waals surface area contributed by atoms with Crippen molar-refractivity contribution in [2.75, 3.05) is 0 Å². The maximum Gasteiger partial charge on any atom is 0.0911 e. The zero-order chi connectivity index (χ0) is 6.53. The summed E-state index contributed by atoms with van der Waals surface area (Å²) in [5, 5.41) is 0. The minimum absolute atomic E-state index is 0.963. The molecule has 1 aromatic rings. The first-order chi connectivity index (χ1) is 4.43. The van der Waals surface area contributed by atoms with Crippen LogP contribution in [0, 0.1) is 11.5 Å². The molecule has 0 bridgehead atoms. The Morgan fingerprint density at radius 1 is 1.11 bits per heavy atom. The lowest BCUT2D eigenvalue weighted by Gasteiger charge is -1.83. The molecule has 0 saturated carbocycles. The molecule has 0 atom stereocenters. The molecular formula is C8H8Si. The van der Waals surface area contributed by atoms with E-state index in [0.717, 1.165) is 15.8 Å². The van der Waals surface area contributed by atoms with E-state index in [1.54, 1.807) is 0 Å². The van der Waals surface area contributed by atoms with Crippen molar-refractivity contribution >= 4 is 10.2 Å². The zero-order valence-electron chi connectivity index (χ0n) is 5.39. The highest BCUT2D eigenvalue weighted by molar-refractivity contribution is 6.22. The summed E-state index contributed by atoms with van der Waals surface area (Å²) in [7, 11) is 0.963. The third-order valence-corrected chi connectivity index (χ3v) is 1.29. The summed E-state index contributed by atoms with van der Waals surface area (Å²) in [5.41, 5.74) is 4.09. The Labute approximate surface area is 58.3 Å². The predicted molar refractivity (Wildman–Crippen MR) is 43.3 cm³/mol. The SMILES string of the molecule is [SiH3]C#Cc1ccccc1. The van der Waals surface area contributed by atoms with Gasteiger partial charge in [-0.15, -0.1) is 5.54 Å². The third kappa shape index (κ3) is 1.75. The Hall–Kier alpha value is -1.00. The highest BCUT2D eigenvalue weighted by Crippen LogP contribution is 1.93. The standard InChI is InChI=1S/C8H8Si/c9-7-6-8-4-2-1-3-5-8/h1-5H,9H3. The summed E-state index contributed by atoms with van der Waals surface area (Å²) in [6.45, 7) is 0. The van der Waals surface area contributed by atoms with E-state index in [-0.39, 0.29) is 0 Å². The van der Waals surface area contributed by atoms with Crippen molar-refractivity contribution in [2.24, 2.45) is 0 Å². The van der Waals surface area contributed by atoms with Crippen LogP contribution in [0.3, 0.4) is 0 Å². The Morgan fingerprint density at radius 2 is 1.78 bits per heavy atom.